The lowest BCUT2D eigenvalue weighted by Gasteiger charge is -2.03. The Balaban J connectivity index is 2.43. The molecule has 0 heterocycles. The minimum absolute atomic E-state index is 0.0979. The normalized spacial score (nSPS) is 26.0. The van der Waals surface area contributed by atoms with Crippen LogP contribution in [-0.4, -0.2) is 25.2 Å². The molecule has 1 fully saturated rings. The number of esters is 2. The van der Waals surface area contributed by atoms with Gasteiger partial charge in [-0.2, -0.15) is 0 Å². The van der Waals surface area contributed by atoms with Crippen molar-refractivity contribution in [1.29, 1.82) is 0 Å². The molecule has 0 aliphatic heterocycles. The van der Waals surface area contributed by atoms with Gasteiger partial charge in [0.2, 0.25) is 0 Å². The van der Waals surface area contributed by atoms with Crippen molar-refractivity contribution < 1.29 is 19.1 Å². The Morgan fingerprint density at radius 3 is 2.38 bits per heavy atom. The van der Waals surface area contributed by atoms with Crippen molar-refractivity contribution in [3.05, 3.63) is 0 Å². The molecule has 4 heteroatoms. The fourth-order valence-electron chi connectivity index (χ4n) is 2.02. The standard InChI is InChI=1S/C12H20O4/c1-5-6-15-11(14)10-9(12(10,3)4)7-16-8(2)13/h9-10H,5-7H2,1-4H3. The average molecular weight is 228 g/mol. The van der Waals surface area contributed by atoms with Gasteiger partial charge in [-0.3, -0.25) is 9.59 Å². The molecule has 2 unspecified atom stereocenters. The summed E-state index contributed by atoms with van der Waals surface area (Å²) in [5, 5.41) is 0. The van der Waals surface area contributed by atoms with Crippen molar-refractivity contribution in [2.75, 3.05) is 13.2 Å². The first kappa shape index (κ1) is 13.0. The minimum atomic E-state index is -0.302. The van der Waals surface area contributed by atoms with Crippen LogP contribution >= 0.6 is 0 Å². The maximum absolute atomic E-state index is 11.7. The topological polar surface area (TPSA) is 52.6 Å². The molecule has 0 bridgehead atoms. The lowest BCUT2D eigenvalue weighted by Crippen LogP contribution is -2.12. The van der Waals surface area contributed by atoms with E-state index in [9.17, 15) is 9.59 Å². The molecule has 4 nitrogen and oxygen atoms in total. The molecule has 16 heavy (non-hydrogen) atoms. The van der Waals surface area contributed by atoms with Gasteiger partial charge in [0, 0.05) is 12.8 Å². The van der Waals surface area contributed by atoms with Crippen LogP contribution in [0.15, 0.2) is 0 Å². The molecular formula is C12H20O4. The van der Waals surface area contributed by atoms with Crippen LogP contribution in [0.1, 0.15) is 34.1 Å². The zero-order valence-electron chi connectivity index (χ0n) is 10.4. The second kappa shape index (κ2) is 4.85. The number of carbonyl (C=O) groups is 2. The molecule has 0 aromatic heterocycles. The maximum Gasteiger partial charge on any atom is 0.309 e. The highest BCUT2D eigenvalue weighted by molar-refractivity contribution is 5.77. The van der Waals surface area contributed by atoms with Crippen LogP contribution < -0.4 is 0 Å². The van der Waals surface area contributed by atoms with Crippen LogP contribution in [0, 0.1) is 17.3 Å². The van der Waals surface area contributed by atoms with Gasteiger partial charge in [-0.1, -0.05) is 20.8 Å². The molecule has 0 aromatic carbocycles. The van der Waals surface area contributed by atoms with E-state index in [0.29, 0.717) is 13.2 Å². The van der Waals surface area contributed by atoms with Gasteiger partial charge >= 0.3 is 11.9 Å². The number of hydrogen-bond donors (Lipinski definition) is 0. The number of carbonyl (C=O) groups excluding carboxylic acids is 2. The lowest BCUT2D eigenvalue weighted by molar-refractivity contribution is -0.148. The molecule has 1 aliphatic rings. The molecule has 2 atom stereocenters. The molecule has 0 N–H and O–H groups in total. The first-order valence-corrected chi connectivity index (χ1v) is 5.71. The average Bonchev–Trinajstić information content (AvgIpc) is 2.74. The molecule has 1 aliphatic carbocycles. The second-order valence-corrected chi connectivity index (χ2v) is 4.88. The van der Waals surface area contributed by atoms with Gasteiger partial charge < -0.3 is 9.47 Å². The van der Waals surface area contributed by atoms with Crippen LogP contribution in [0.3, 0.4) is 0 Å². The van der Waals surface area contributed by atoms with Crippen LogP contribution in [-0.2, 0) is 19.1 Å². The largest absolute Gasteiger partial charge is 0.466 e. The first-order chi connectivity index (χ1) is 7.41. The summed E-state index contributed by atoms with van der Waals surface area (Å²) in [6.07, 6.45) is 0.827. The Hall–Kier alpha value is -1.06. The molecule has 1 rings (SSSR count). The zero-order chi connectivity index (χ0) is 12.3. The van der Waals surface area contributed by atoms with Crippen molar-refractivity contribution in [2.45, 2.75) is 34.1 Å². The summed E-state index contributed by atoms with van der Waals surface area (Å²) in [6, 6.07) is 0. The minimum Gasteiger partial charge on any atom is -0.466 e. The molecule has 0 radical (unpaired) electrons. The van der Waals surface area contributed by atoms with Crippen LogP contribution in [0.4, 0.5) is 0 Å². The van der Waals surface area contributed by atoms with Crippen LogP contribution in [0.5, 0.6) is 0 Å². The van der Waals surface area contributed by atoms with Gasteiger partial charge in [0.05, 0.1) is 19.1 Å². The fraction of sp³-hybridized carbons (Fsp3) is 0.833. The Morgan fingerprint density at radius 1 is 1.25 bits per heavy atom. The Bertz CT molecular complexity index is 283. The van der Waals surface area contributed by atoms with E-state index in [0.717, 1.165) is 6.42 Å². The lowest BCUT2D eigenvalue weighted by atomic mass is 10.1. The number of ether oxygens (including phenoxy) is 2. The van der Waals surface area contributed by atoms with E-state index < -0.39 is 0 Å². The third-order valence-corrected chi connectivity index (χ3v) is 3.22. The third-order valence-electron chi connectivity index (χ3n) is 3.22. The van der Waals surface area contributed by atoms with E-state index in [2.05, 4.69) is 0 Å². The summed E-state index contributed by atoms with van der Waals surface area (Å²) < 4.78 is 10.0. The molecule has 0 amide bonds. The van der Waals surface area contributed by atoms with Gasteiger partial charge in [-0.05, 0) is 11.8 Å². The predicted octanol–water partition coefficient (Wildman–Crippen LogP) is 1.77. The molecule has 0 saturated heterocycles. The van der Waals surface area contributed by atoms with Gasteiger partial charge in [-0.15, -0.1) is 0 Å². The quantitative estimate of drug-likeness (QED) is 0.673. The van der Waals surface area contributed by atoms with Crippen molar-refractivity contribution in [1.82, 2.24) is 0 Å². The Labute approximate surface area is 96.3 Å². The van der Waals surface area contributed by atoms with Crippen LogP contribution in [0.25, 0.3) is 0 Å². The third kappa shape index (κ3) is 2.74. The van der Waals surface area contributed by atoms with Gasteiger partial charge in [0.25, 0.3) is 0 Å². The summed E-state index contributed by atoms with van der Waals surface area (Å²) in [4.78, 5) is 22.4. The van der Waals surface area contributed by atoms with Gasteiger partial charge in [0.1, 0.15) is 0 Å². The van der Waals surface area contributed by atoms with E-state index >= 15 is 0 Å². The van der Waals surface area contributed by atoms with Crippen molar-refractivity contribution in [3.63, 3.8) is 0 Å². The van der Waals surface area contributed by atoms with Crippen LogP contribution in [0.2, 0.25) is 0 Å². The van der Waals surface area contributed by atoms with Gasteiger partial charge in [0.15, 0.2) is 0 Å². The van der Waals surface area contributed by atoms with Crippen molar-refractivity contribution in [2.24, 2.45) is 17.3 Å². The fourth-order valence-corrected chi connectivity index (χ4v) is 2.02. The molecule has 92 valence electrons. The number of rotatable bonds is 5. The summed E-state index contributed by atoms with van der Waals surface area (Å²) >= 11 is 0. The van der Waals surface area contributed by atoms with E-state index in [-0.39, 0.29) is 29.2 Å². The summed E-state index contributed by atoms with van der Waals surface area (Å²) in [5.74, 6) is -0.494. The monoisotopic (exact) mass is 228 g/mol. The Kier molecular flexibility index (Phi) is 3.94. The van der Waals surface area contributed by atoms with E-state index in [1.807, 2.05) is 20.8 Å². The Morgan fingerprint density at radius 2 is 1.88 bits per heavy atom. The maximum atomic E-state index is 11.7. The second-order valence-electron chi connectivity index (χ2n) is 4.88. The molecule has 0 spiro atoms. The predicted molar refractivity (Wildman–Crippen MR) is 58.6 cm³/mol. The summed E-state index contributed by atoms with van der Waals surface area (Å²) in [5.41, 5.74) is -0.111. The smallest absolute Gasteiger partial charge is 0.309 e. The molecule has 1 saturated carbocycles. The first-order valence-electron chi connectivity index (χ1n) is 5.71. The van der Waals surface area contributed by atoms with Crippen molar-refractivity contribution >= 4 is 11.9 Å². The SMILES string of the molecule is CCCOC(=O)C1C(COC(C)=O)C1(C)C. The van der Waals surface area contributed by atoms with Gasteiger partial charge in [-0.25, -0.2) is 0 Å². The molecule has 0 aromatic rings. The highest BCUT2D eigenvalue weighted by atomic mass is 16.5. The highest BCUT2D eigenvalue weighted by Crippen LogP contribution is 2.58. The zero-order valence-corrected chi connectivity index (χ0v) is 10.4. The van der Waals surface area contributed by atoms with E-state index in [1.54, 1.807) is 0 Å². The number of hydrogen-bond acceptors (Lipinski definition) is 4. The summed E-state index contributed by atoms with van der Waals surface area (Å²) in [6.45, 7) is 8.11. The summed E-state index contributed by atoms with van der Waals surface area (Å²) in [7, 11) is 0. The van der Waals surface area contributed by atoms with E-state index in [4.69, 9.17) is 9.47 Å². The van der Waals surface area contributed by atoms with E-state index in [1.165, 1.54) is 6.92 Å². The molecular weight excluding hydrogens is 208 g/mol. The van der Waals surface area contributed by atoms with Crippen molar-refractivity contribution in [3.8, 4) is 0 Å². The highest BCUT2D eigenvalue weighted by Gasteiger charge is 2.63.